The Bertz CT molecular complexity index is 3170. The van der Waals surface area contributed by atoms with E-state index < -0.39 is 30.9 Å². The average Bonchev–Trinajstić information content (AvgIpc) is 3.89. The highest BCUT2D eigenvalue weighted by Crippen LogP contribution is 2.35. The van der Waals surface area contributed by atoms with E-state index >= 15 is 0 Å². The Kier molecular flexibility index (Phi) is 16.9. The number of imidazole rings is 2. The second-order valence-corrected chi connectivity index (χ2v) is 23.4. The number of nitrogens with one attached hydrogen (secondary N) is 2. The van der Waals surface area contributed by atoms with Crippen molar-refractivity contribution < 1.29 is 36.0 Å². The summed E-state index contributed by atoms with van der Waals surface area (Å²) >= 11 is 17.1. The molecule has 2 aliphatic rings. The number of hydrogen-bond acceptors (Lipinski definition) is 10. The van der Waals surface area contributed by atoms with Crippen LogP contribution in [-0.2, 0) is 24.8 Å². The maximum atomic E-state index is 13.6. The molecule has 2 aromatic carbocycles. The molecule has 0 aliphatic carbocycles. The van der Waals surface area contributed by atoms with Crippen molar-refractivity contribution in [3.63, 3.8) is 0 Å². The molecular formula is C49H59Cl3N8O8S2. The Morgan fingerprint density at radius 2 is 1.07 bits per heavy atom. The number of pyridine rings is 2. The normalized spacial score (nSPS) is 16.5. The Morgan fingerprint density at radius 1 is 0.643 bits per heavy atom. The number of anilines is 2. The van der Waals surface area contributed by atoms with Crippen LogP contribution in [0.25, 0.3) is 11.3 Å². The van der Waals surface area contributed by atoms with Crippen LogP contribution in [0.15, 0.2) is 73.1 Å². The molecule has 8 rings (SSSR count). The Balaban J connectivity index is 0.000000183. The predicted molar refractivity (Wildman–Crippen MR) is 277 cm³/mol. The van der Waals surface area contributed by atoms with Gasteiger partial charge in [0, 0.05) is 46.9 Å². The number of aryl methyl sites for hydroxylation is 4. The number of hydrogen-bond donors (Lipinski definition) is 2. The topological polar surface area (TPSA) is 194 Å². The van der Waals surface area contributed by atoms with Gasteiger partial charge < -0.3 is 18.4 Å². The highest BCUT2D eigenvalue weighted by Gasteiger charge is 2.34. The number of sulfonamides is 2. The lowest BCUT2D eigenvalue weighted by Crippen LogP contribution is -2.42. The van der Waals surface area contributed by atoms with E-state index in [1.54, 1.807) is 11.0 Å². The standard InChI is InChI=1S/C22H25ClN4O3S.C19H27N3O2.C8H7Cl2NO3S/c1-14-10-15(2)27-13-19(24-21(27)11-14)20-6-4-5-9-26(20)22(28)17-12-16(23)7-8-18(17)25-31(3,29)30;1-13-10-14(2)22-12-15(20-17(22)11-13)16-8-6-7-9-21(16)18(23)24-19(3,4)5;1-15(13,14)11-7-3-2-5(9)4-6(7)8(10)12/h7-8,10-13,20,25H,4-6,9H2,1-3H3;10-12,16H,6-9H2,1-5H3;2-4,11H,1H3/t20-;16-;/m00./s1. The van der Waals surface area contributed by atoms with Crippen molar-refractivity contribution in [2.45, 2.75) is 105 Å². The van der Waals surface area contributed by atoms with Gasteiger partial charge in [-0.05, 0) is 170 Å². The number of fused-ring (bicyclic) bond motifs is 2. The van der Waals surface area contributed by atoms with Gasteiger partial charge in [0.05, 0.1) is 58.5 Å². The Morgan fingerprint density at radius 3 is 1.51 bits per heavy atom. The van der Waals surface area contributed by atoms with E-state index in [2.05, 4.69) is 52.1 Å². The minimum atomic E-state index is -3.55. The zero-order valence-corrected chi connectivity index (χ0v) is 44.5. The zero-order chi connectivity index (χ0) is 51.5. The molecule has 2 atom stereocenters. The minimum Gasteiger partial charge on any atom is -0.444 e. The zero-order valence-electron chi connectivity index (χ0n) is 40.6. The molecule has 2 fully saturated rings. The van der Waals surface area contributed by atoms with Gasteiger partial charge in [-0.2, -0.15) is 0 Å². The molecule has 0 spiro atoms. The fraction of sp³-hybridized carbons (Fsp3) is 0.408. The van der Waals surface area contributed by atoms with Gasteiger partial charge in [0.15, 0.2) is 0 Å². The summed E-state index contributed by atoms with van der Waals surface area (Å²) < 4.78 is 59.9. The van der Waals surface area contributed by atoms with Crippen molar-refractivity contribution in [2.75, 3.05) is 35.0 Å². The number of amides is 2. The van der Waals surface area contributed by atoms with E-state index in [1.165, 1.54) is 35.9 Å². The van der Waals surface area contributed by atoms with Crippen molar-refractivity contribution in [1.29, 1.82) is 0 Å². The van der Waals surface area contributed by atoms with E-state index in [0.29, 0.717) is 16.6 Å². The smallest absolute Gasteiger partial charge is 0.410 e. The monoisotopic (exact) mass is 1060 g/mol. The molecule has 2 N–H and O–H groups in total. The summed E-state index contributed by atoms with van der Waals surface area (Å²) in [5.74, 6) is -0.261. The van der Waals surface area contributed by atoms with Crippen LogP contribution in [0.1, 0.15) is 126 Å². The van der Waals surface area contributed by atoms with E-state index in [1.807, 2.05) is 56.2 Å². The molecule has 70 heavy (non-hydrogen) atoms. The fourth-order valence-electron chi connectivity index (χ4n) is 8.57. The lowest BCUT2D eigenvalue weighted by molar-refractivity contribution is 0.00903. The molecule has 2 aliphatic heterocycles. The summed E-state index contributed by atoms with van der Waals surface area (Å²) in [7, 11) is -7.00. The number of piperidine rings is 2. The van der Waals surface area contributed by atoms with Gasteiger partial charge in [0.25, 0.3) is 11.1 Å². The number of ether oxygens (including phenoxy) is 1. The summed E-state index contributed by atoms with van der Waals surface area (Å²) in [6, 6.07) is 16.9. The highest BCUT2D eigenvalue weighted by molar-refractivity contribution is 7.92. The van der Waals surface area contributed by atoms with Gasteiger partial charge >= 0.3 is 6.09 Å². The van der Waals surface area contributed by atoms with Gasteiger partial charge in [-0.1, -0.05) is 23.2 Å². The number of carbonyl (C=O) groups is 3. The number of halogens is 3. The van der Waals surface area contributed by atoms with Crippen LogP contribution in [0.2, 0.25) is 10.0 Å². The molecule has 4 aromatic heterocycles. The third-order valence-electron chi connectivity index (χ3n) is 11.4. The molecule has 2 saturated heterocycles. The maximum Gasteiger partial charge on any atom is 0.410 e. The van der Waals surface area contributed by atoms with E-state index in [9.17, 15) is 31.2 Å². The van der Waals surface area contributed by atoms with E-state index in [-0.39, 0.29) is 46.6 Å². The number of nitrogens with zero attached hydrogens (tertiary/aromatic N) is 6. The molecule has 376 valence electrons. The molecule has 0 unspecified atom stereocenters. The first kappa shape index (κ1) is 53.9. The lowest BCUT2D eigenvalue weighted by Gasteiger charge is -2.35. The molecule has 6 heterocycles. The maximum absolute atomic E-state index is 13.6. The van der Waals surface area contributed by atoms with Gasteiger partial charge in [0.1, 0.15) is 16.9 Å². The van der Waals surface area contributed by atoms with Crippen LogP contribution >= 0.6 is 34.8 Å². The van der Waals surface area contributed by atoms with Crippen LogP contribution in [0.4, 0.5) is 16.2 Å². The van der Waals surface area contributed by atoms with Gasteiger partial charge in [-0.3, -0.25) is 23.9 Å². The second kappa shape index (κ2) is 21.9. The summed E-state index contributed by atoms with van der Waals surface area (Å²) in [5, 5.41) is -0.100. The summed E-state index contributed by atoms with van der Waals surface area (Å²) in [4.78, 5) is 50.4. The molecule has 21 heteroatoms. The van der Waals surface area contributed by atoms with E-state index in [4.69, 9.17) is 49.5 Å². The van der Waals surface area contributed by atoms with Crippen molar-refractivity contribution in [2.24, 2.45) is 0 Å². The van der Waals surface area contributed by atoms with Gasteiger partial charge in [-0.15, -0.1) is 0 Å². The molecule has 6 aromatic rings. The van der Waals surface area contributed by atoms with E-state index in [0.717, 1.165) is 97.2 Å². The average molecular weight is 1060 g/mol. The van der Waals surface area contributed by atoms with Crippen LogP contribution in [0.3, 0.4) is 0 Å². The van der Waals surface area contributed by atoms with Gasteiger partial charge in [-0.25, -0.2) is 31.6 Å². The number of benzene rings is 2. The highest BCUT2D eigenvalue weighted by atomic mass is 35.5. The summed E-state index contributed by atoms with van der Waals surface area (Å²) in [6.07, 6.45) is 11.6. The molecule has 0 saturated carbocycles. The fourth-order valence-corrected chi connectivity index (χ4v) is 10.2. The summed E-state index contributed by atoms with van der Waals surface area (Å²) in [5.41, 5.74) is 8.27. The second-order valence-electron chi connectivity index (χ2n) is 18.7. The largest absolute Gasteiger partial charge is 0.444 e. The first-order valence-corrected chi connectivity index (χ1v) is 27.6. The van der Waals surface area contributed by atoms with Crippen LogP contribution in [0.5, 0.6) is 0 Å². The summed E-state index contributed by atoms with van der Waals surface area (Å²) in [6.45, 7) is 15.2. The van der Waals surface area contributed by atoms with Crippen molar-refractivity contribution in [3.05, 3.63) is 128 Å². The van der Waals surface area contributed by atoms with Gasteiger partial charge in [0.2, 0.25) is 20.0 Å². The van der Waals surface area contributed by atoms with Crippen molar-refractivity contribution in [1.82, 2.24) is 28.6 Å². The molecular weight excluding hydrogens is 999 g/mol. The molecule has 16 nitrogen and oxygen atoms in total. The third-order valence-corrected chi connectivity index (χ3v) is 13.3. The quantitative estimate of drug-likeness (QED) is 0.139. The SMILES string of the molecule is CS(=O)(=O)Nc1ccc(Cl)cc1C(=O)Cl.Cc1cc(C)n2cc([C@@H]3CCCCN3C(=O)OC(C)(C)C)nc2c1.Cc1cc(C)n2cc([C@@H]3CCCCN3C(=O)c3cc(Cl)ccc3NS(C)(=O)=O)nc2c1. The van der Waals surface area contributed by atoms with Crippen LogP contribution in [-0.4, -0.2) is 93.8 Å². The van der Waals surface area contributed by atoms with Crippen LogP contribution in [0, 0.1) is 27.7 Å². The Labute approximate surface area is 424 Å². The van der Waals surface area contributed by atoms with Crippen molar-refractivity contribution in [3.8, 4) is 0 Å². The first-order chi connectivity index (χ1) is 32.7. The molecule has 0 radical (unpaired) electrons. The third kappa shape index (κ3) is 14.1. The molecule has 0 bridgehead atoms. The minimum absolute atomic E-state index is 0.00629. The van der Waals surface area contributed by atoms with Crippen LogP contribution < -0.4 is 9.44 Å². The lowest BCUT2D eigenvalue weighted by atomic mass is 9.98. The van der Waals surface area contributed by atoms with Crippen molar-refractivity contribution >= 4 is 94.8 Å². The predicted octanol–water partition coefficient (Wildman–Crippen LogP) is 10.8. The Hall–Kier alpha value is -5.40. The molecule has 2 amide bonds. The number of likely N-dealkylation sites (tertiary alicyclic amines) is 2. The number of aromatic nitrogens is 4. The first-order valence-electron chi connectivity index (χ1n) is 22.6. The number of rotatable bonds is 8. The number of carbonyl (C=O) groups excluding carboxylic acids is 3.